The maximum absolute atomic E-state index is 13.6. The van der Waals surface area contributed by atoms with Crippen LogP contribution in [0.1, 0.15) is 10.4 Å². The van der Waals surface area contributed by atoms with E-state index in [1.807, 2.05) is 0 Å². The molecule has 24 heavy (non-hydrogen) atoms. The Bertz CT molecular complexity index is 926. The number of rotatable bonds is 4. The number of thiazole rings is 1. The Hall–Kier alpha value is -3.13. The van der Waals surface area contributed by atoms with E-state index in [0.717, 1.165) is 11.3 Å². The summed E-state index contributed by atoms with van der Waals surface area (Å²) >= 11 is 1.15. The monoisotopic (exact) mass is 343 g/mol. The fourth-order valence-corrected chi connectivity index (χ4v) is 2.77. The van der Waals surface area contributed by atoms with Gasteiger partial charge in [0.2, 0.25) is 0 Å². The molecule has 0 aliphatic carbocycles. The van der Waals surface area contributed by atoms with Crippen LogP contribution < -0.4 is 5.32 Å². The summed E-state index contributed by atoms with van der Waals surface area (Å²) in [6.07, 6.45) is 0. The molecule has 1 amide bonds. The van der Waals surface area contributed by atoms with Crippen molar-refractivity contribution in [1.82, 2.24) is 4.98 Å². The van der Waals surface area contributed by atoms with Gasteiger partial charge in [0.05, 0.1) is 16.2 Å². The number of nitrogens with one attached hydrogen (secondary N) is 1. The van der Waals surface area contributed by atoms with Crippen LogP contribution in [0.25, 0.3) is 11.3 Å². The van der Waals surface area contributed by atoms with Crippen LogP contribution in [0, 0.1) is 15.9 Å². The van der Waals surface area contributed by atoms with Gasteiger partial charge in [-0.15, -0.1) is 11.3 Å². The first-order chi connectivity index (χ1) is 11.5. The standard InChI is InChI=1S/C16H10FN3O3S/c17-13-7-2-1-6-12(13)15(21)19-16-18-14(9-24-16)10-4-3-5-11(8-10)20(22)23/h1-9H,(H,18,19,21). The van der Waals surface area contributed by atoms with E-state index >= 15 is 0 Å². The van der Waals surface area contributed by atoms with Crippen LogP contribution in [0.5, 0.6) is 0 Å². The second kappa shape index (κ2) is 6.55. The molecule has 0 unspecified atom stereocenters. The second-order valence-corrected chi connectivity index (χ2v) is 5.64. The third-order valence-electron chi connectivity index (χ3n) is 3.20. The number of carbonyl (C=O) groups excluding carboxylic acids is 1. The predicted molar refractivity (Wildman–Crippen MR) is 88.6 cm³/mol. The number of nitro benzene ring substituents is 1. The van der Waals surface area contributed by atoms with Crippen LogP contribution in [0.15, 0.2) is 53.9 Å². The maximum Gasteiger partial charge on any atom is 0.270 e. The third-order valence-corrected chi connectivity index (χ3v) is 3.95. The maximum atomic E-state index is 13.6. The van der Waals surface area contributed by atoms with Crippen LogP contribution in [0.2, 0.25) is 0 Å². The molecular weight excluding hydrogens is 333 g/mol. The van der Waals surface area contributed by atoms with Gasteiger partial charge in [0.25, 0.3) is 11.6 Å². The molecule has 0 aliphatic heterocycles. The van der Waals surface area contributed by atoms with Crippen LogP contribution >= 0.6 is 11.3 Å². The molecule has 0 spiro atoms. The quantitative estimate of drug-likeness (QED) is 0.570. The SMILES string of the molecule is O=C(Nc1nc(-c2cccc([N+](=O)[O-])c2)cs1)c1ccccc1F. The average molecular weight is 343 g/mol. The minimum atomic E-state index is -0.620. The summed E-state index contributed by atoms with van der Waals surface area (Å²) in [6, 6.07) is 11.7. The number of aromatic nitrogens is 1. The molecule has 0 radical (unpaired) electrons. The van der Waals surface area contributed by atoms with Gasteiger partial charge in [0, 0.05) is 23.1 Å². The third kappa shape index (κ3) is 3.28. The van der Waals surface area contributed by atoms with Gasteiger partial charge < -0.3 is 0 Å². The summed E-state index contributed by atoms with van der Waals surface area (Å²) in [5.74, 6) is -1.22. The van der Waals surface area contributed by atoms with Gasteiger partial charge in [-0.3, -0.25) is 20.2 Å². The highest BCUT2D eigenvalue weighted by Gasteiger charge is 2.14. The zero-order valence-corrected chi connectivity index (χ0v) is 12.9. The fraction of sp³-hybridized carbons (Fsp3) is 0. The molecule has 8 heteroatoms. The lowest BCUT2D eigenvalue weighted by Crippen LogP contribution is -2.13. The summed E-state index contributed by atoms with van der Waals surface area (Å²) in [5, 5.41) is 15.3. The Labute approximate surface area is 139 Å². The Balaban J connectivity index is 1.81. The zero-order chi connectivity index (χ0) is 17.1. The summed E-state index contributed by atoms with van der Waals surface area (Å²) in [4.78, 5) is 26.6. The van der Waals surface area contributed by atoms with Crippen molar-refractivity contribution in [2.45, 2.75) is 0 Å². The molecule has 2 aromatic carbocycles. The van der Waals surface area contributed by atoms with E-state index in [9.17, 15) is 19.3 Å². The second-order valence-electron chi connectivity index (χ2n) is 4.78. The molecule has 0 saturated heterocycles. The van der Waals surface area contributed by atoms with Crippen molar-refractivity contribution in [3.8, 4) is 11.3 Å². The van der Waals surface area contributed by atoms with Crippen molar-refractivity contribution in [2.24, 2.45) is 0 Å². The minimum Gasteiger partial charge on any atom is -0.298 e. The lowest BCUT2D eigenvalue weighted by Gasteiger charge is -2.02. The highest BCUT2D eigenvalue weighted by molar-refractivity contribution is 7.14. The topological polar surface area (TPSA) is 85.1 Å². The molecule has 0 aliphatic rings. The molecule has 0 fully saturated rings. The first-order valence-corrected chi connectivity index (χ1v) is 7.69. The lowest BCUT2D eigenvalue weighted by molar-refractivity contribution is -0.384. The normalized spacial score (nSPS) is 10.4. The number of hydrogen-bond donors (Lipinski definition) is 1. The molecule has 120 valence electrons. The number of nitrogens with zero attached hydrogens (tertiary/aromatic N) is 2. The largest absolute Gasteiger partial charge is 0.298 e. The van der Waals surface area contributed by atoms with Crippen molar-refractivity contribution in [3.05, 3.63) is 75.4 Å². The summed E-state index contributed by atoms with van der Waals surface area (Å²) < 4.78 is 13.6. The van der Waals surface area contributed by atoms with Crippen LogP contribution in [-0.4, -0.2) is 15.8 Å². The molecule has 0 atom stereocenters. The highest BCUT2D eigenvalue weighted by Crippen LogP contribution is 2.27. The Kier molecular flexibility index (Phi) is 4.30. The first kappa shape index (κ1) is 15.8. The van der Waals surface area contributed by atoms with E-state index in [1.54, 1.807) is 23.6 Å². The first-order valence-electron chi connectivity index (χ1n) is 6.81. The van der Waals surface area contributed by atoms with Gasteiger partial charge in [-0.2, -0.15) is 0 Å². The number of amides is 1. The van der Waals surface area contributed by atoms with Crippen LogP contribution in [0.3, 0.4) is 0 Å². The van der Waals surface area contributed by atoms with Crippen LogP contribution in [0.4, 0.5) is 15.2 Å². The minimum absolute atomic E-state index is 0.0440. The summed E-state index contributed by atoms with van der Waals surface area (Å²) in [6.45, 7) is 0. The van der Waals surface area contributed by atoms with Crippen molar-refractivity contribution in [2.75, 3.05) is 5.32 Å². The Morgan fingerprint density at radius 2 is 2.00 bits per heavy atom. The van der Waals surface area contributed by atoms with E-state index in [-0.39, 0.29) is 16.4 Å². The molecule has 1 aromatic heterocycles. The van der Waals surface area contributed by atoms with Crippen molar-refractivity contribution >= 4 is 28.1 Å². The smallest absolute Gasteiger partial charge is 0.270 e. The molecule has 6 nitrogen and oxygen atoms in total. The van der Waals surface area contributed by atoms with Crippen molar-refractivity contribution in [1.29, 1.82) is 0 Å². The van der Waals surface area contributed by atoms with E-state index in [2.05, 4.69) is 10.3 Å². The number of carbonyl (C=O) groups is 1. The lowest BCUT2D eigenvalue weighted by atomic mass is 10.1. The number of hydrogen-bond acceptors (Lipinski definition) is 5. The van der Waals surface area contributed by atoms with Crippen LogP contribution in [-0.2, 0) is 0 Å². The molecule has 3 rings (SSSR count). The van der Waals surface area contributed by atoms with E-state index in [0.29, 0.717) is 11.3 Å². The van der Waals surface area contributed by atoms with Gasteiger partial charge in [-0.05, 0) is 12.1 Å². The Morgan fingerprint density at radius 3 is 2.75 bits per heavy atom. The molecule has 0 bridgehead atoms. The van der Waals surface area contributed by atoms with Gasteiger partial charge in [0.1, 0.15) is 5.82 Å². The van der Waals surface area contributed by atoms with E-state index in [4.69, 9.17) is 0 Å². The number of non-ortho nitro benzene ring substituents is 1. The summed E-state index contributed by atoms with van der Waals surface area (Å²) in [5.41, 5.74) is 0.932. The van der Waals surface area contributed by atoms with Gasteiger partial charge in [0.15, 0.2) is 5.13 Å². The van der Waals surface area contributed by atoms with E-state index < -0.39 is 16.6 Å². The molecule has 1 N–H and O–H groups in total. The van der Waals surface area contributed by atoms with Gasteiger partial charge in [-0.1, -0.05) is 24.3 Å². The van der Waals surface area contributed by atoms with Crippen molar-refractivity contribution < 1.29 is 14.1 Å². The highest BCUT2D eigenvalue weighted by atomic mass is 32.1. The Morgan fingerprint density at radius 1 is 1.21 bits per heavy atom. The van der Waals surface area contributed by atoms with Gasteiger partial charge in [-0.25, -0.2) is 9.37 Å². The number of nitro groups is 1. The molecule has 0 saturated carbocycles. The number of anilines is 1. The predicted octanol–water partition coefficient (Wildman–Crippen LogP) is 4.11. The fourth-order valence-electron chi connectivity index (χ4n) is 2.05. The molecule has 1 heterocycles. The zero-order valence-electron chi connectivity index (χ0n) is 12.1. The van der Waals surface area contributed by atoms with Crippen molar-refractivity contribution in [3.63, 3.8) is 0 Å². The number of benzene rings is 2. The molecular formula is C16H10FN3O3S. The summed E-state index contributed by atoms with van der Waals surface area (Å²) in [7, 11) is 0. The van der Waals surface area contributed by atoms with Gasteiger partial charge >= 0.3 is 0 Å². The van der Waals surface area contributed by atoms with E-state index in [1.165, 1.54) is 30.3 Å². The number of halogens is 1. The average Bonchev–Trinajstić information content (AvgIpc) is 3.04. The molecule has 3 aromatic rings.